The first-order valence-electron chi connectivity index (χ1n) is 3.74. The maximum atomic E-state index is 12.7. The van der Waals surface area contributed by atoms with Gasteiger partial charge in [0.05, 0.1) is 0 Å². The van der Waals surface area contributed by atoms with Gasteiger partial charge in [0.2, 0.25) is 0 Å². The first-order valence-corrected chi connectivity index (χ1v) is 5.37. The van der Waals surface area contributed by atoms with Gasteiger partial charge >= 0.3 is 0 Å². The Morgan fingerprint density at radius 1 is 1.46 bits per heavy atom. The van der Waals surface area contributed by atoms with Gasteiger partial charge in [0.1, 0.15) is 5.82 Å². The van der Waals surface area contributed by atoms with Gasteiger partial charge in [-0.25, -0.2) is 4.39 Å². The van der Waals surface area contributed by atoms with Crippen LogP contribution in [0.4, 0.5) is 10.1 Å². The Morgan fingerprint density at radius 2 is 2.00 bits per heavy atom. The van der Waals surface area contributed by atoms with E-state index in [1.807, 2.05) is 12.5 Å². The topological polar surface area (TPSA) is 26.0 Å². The second-order valence-electron chi connectivity index (χ2n) is 2.36. The van der Waals surface area contributed by atoms with Crippen LogP contribution in [0.25, 0.3) is 6.08 Å². The number of nitrogens with two attached hydrogens (primary N) is 1. The van der Waals surface area contributed by atoms with Crippen LogP contribution >= 0.6 is 11.8 Å². The van der Waals surface area contributed by atoms with Gasteiger partial charge < -0.3 is 5.73 Å². The smallest absolute Gasteiger partial charge is 0.132 e. The summed E-state index contributed by atoms with van der Waals surface area (Å²) in [7, 11) is 0. The average Bonchev–Trinajstić information content (AvgIpc) is 2.06. The van der Waals surface area contributed by atoms with E-state index in [-0.39, 0.29) is 5.82 Å². The molecule has 1 aromatic rings. The van der Waals surface area contributed by atoms with E-state index in [0.29, 0.717) is 11.3 Å². The maximum Gasteiger partial charge on any atom is 0.132 e. The molecule has 0 radical (unpaired) electrons. The number of rotatable bonds is 1. The van der Waals surface area contributed by atoms with Crippen molar-refractivity contribution in [3.63, 3.8) is 0 Å². The molecule has 1 nitrogen and oxygen atoms in total. The lowest BCUT2D eigenvalue weighted by molar-refractivity contribution is 0.626. The number of nitrogen functional groups attached to an aromatic ring is 1. The molecule has 0 fully saturated rings. The van der Waals surface area contributed by atoms with E-state index in [4.69, 9.17) is 5.73 Å². The molecule has 0 saturated heterocycles. The van der Waals surface area contributed by atoms with Crippen LogP contribution in [0.2, 0.25) is 0 Å². The summed E-state index contributed by atoms with van der Waals surface area (Å²) in [4.78, 5) is 0. The summed E-state index contributed by atoms with van der Waals surface area (Å²) >= 11 is 1.75. The van der Waals surface area contributed by atoms with Crippen molar-refractivity contribution in [2.75, 3.05) is 18.2 Å². The quantitative estimate of drug-likeness (QED) is 0.703. The van der Waals surface area contributed by atoms with Crippen LogP contribution in [0.5, 0.6) is 0 Å². The Bertz CT molecular complexity index is 253. The van der Waals surface area contributed by atoms with Crippen molar-refractivity contribution in [2.24, 2.45) is 0 Å². The number of thioether (sulfide) groups is 1. The molecular formula is C10H14FNS. The van der Waals surface area contributed by atoms with Crippen LogP contribution in [-0.4, -0.2) is 12.5 Å². The molecule has 0 atom stereocenters. The van der Waals surface area contributed by atoms with E-state index in [1.54, 1.807) is 23.9 Å². The lowest BCUT2D eigenvalue weighted by Crippen LogP contribution is -1.91. The first kappa shape index (κ1) is 12.0. The fourth-order valence-corrected chi connectivity index (χ4v) is 0.769. The average molecular weight is 199 g/mol. The Hall–Kier alpha value is -0.960. The van der Waals surface area contributed by atoms with E-state index >= 15 is 0 Å². The maximum absolute atomic E-state index is 12.7. The minimum atomic E-state index is -0.324. The zero-order chi connectivity index (χ0) is 10.3. The van der Waals surface area contributed by atoms with Gasteiger partial charge in [0.15, 0.2) is 0 Å². The zero-order valence-electron chi connectivity index (χ0n) is 7.88. The second-order valence-corrected chi connectivity index (χ2v) is 3.17. The number of benzene rings is 1. The largest absolute Gasteiger partial charge is 0.398 e. The Labute approximate surface area is 82.8 Å². The molecule has 1 rings (SSSR count). The van der Waals surface area contributed by atoms with Crippen LogP contribution < -0.4 is 5.73 Å². The molecule has 3 heteroatoms. The highest BCUT2D eigenvalue weighted by Gasteiger charge is 1.98. The fraction of sp³-hybridized carbons (Fsp3) is 0.200. The van der Waals surface area contributed by atoms with E-state index < -0.39 is 0 Å². The first-order chi connectivity index (χ1) is 6.17. The molecule has 13 heavy (non-hydrogen) atoms. The summed E-state index contributed by atoms with van der Waals surface area (Å²) in [6.45, 7) is 3.43. The Morgan fingerprint density at radius 3 is 2.31 bits per heavy atom. The normalized spacial score (nSPS) is 8.54. The van der Waals surface area contributed by atoms with E-state index in [0.717, 1.165) is 0 Å². The standard InChI is InChI=1S/C8H8FN.C2H6S/c1-2-6-7(9)4-3-5-8(6)10;1-3-2/h2-5H,1,10H2;1-2H3. The van der Waals surface area contributed by atoms with E-state index in [9.17, 15) is 4.39 Å². The summed E-state index contributed by atoms with van der Waals surface area (Å²) < 4.78 is 12.7. The highest BCUT2D eigenvalue weighted by atomic mass is 32.2. The third-order valence-corrected chi connectivity index (χ3v) is 1.29. The van der Waals surface area contributed by atoms with Gasteiger partial charge in [0, 0.05) is 11.3 Å². The molecule has 0 aromatic heterocycles. The van der Waals surface area contributed by atoms with E-state index in [1.165, 1.54) is 12.1 Å². The van der Waals surface area contributed by atoms with Gasteiger partial charge in [-0.15, -0.1) is 0 Å². The number of halogens is 1. The van der Waals surface area contributed by atoms with Crippen molar-refractivity contribution in [3.8, 4) is 0 Å². The summed E-state index contributed by atoms with van der Waals surface area (Å²) in [6.07, 6.45) is 5.49. The van der Waals surface area contributed by atoms with Crippen LogP contribution in [0.15, 0.2) is 24.8 Å². The van der Waals surface area contributed by atoms with Crippen molar-refractivity contribution >= 4 is 23.5 Å². The summed E-state index contributed by atoms with van der Waals surface area (Å²) in [5.74, 6) is -0.324. The predicted octanol–water partition coefficient (Wildman–Crippen LogP) is 3.03. The van der Waals surface area contributed by atoms with Crippen LogP contribution in [0, 0.1) is 5.82 Å². The number of anilines is 1. The van der Waals surface area contributed by atoms with Gasteiger partial charge in [-0.05, 0) is 24.6 Å². The van der Waals surface area contributed by atoms with Crippen molar-refractivity contribution < 1.29 is 4.39 Å². The van der Waals surface area contributed by atoms with Gasteiger partial charge in [-0.3, -0.25) is 0 Å². The molecule has 0 aliphatic rings. The number of hydrogen-bond acceptors (Lipinski definition) is 2. The Kier molecular flexibility index (Phi) is 6.06. The van der Waals surface area contributed by atoms with Crippen molar-refractivity contribution in [3.05, 3.63) is 36.2 Å². The van der Waals surface area contributed by atoms with Gasteiger partial charge in [-0.1, -0.05) is 18.7 Å². The minimum Gasteiger partial charge on any atom is -0.398 e. The molecule has 0 aliphatic heterocycles. The highest BCUT2D eigenvalue weighted by Crippen LogP contribution is 2.15. The fourth-order valence-electron chi connectivity index (χ4n) is 0.769. The lowest BCUT2D eigenvalue weighted by Gasteiger charge is -1.98. The molecule has 72 valence electrons. The third kappa shape index (κ3) is 3.99. The molecule has 0 spiro atoms. The SMILES string of the molecule is C=Cc1c(N)cccc1F.CSC. The minimum absolute atomic E-state index is 0.324. The molecule has 0 heterocycles. The lowest BCUT2D eigenvalue weighted by atomic mass is 10.2. The van der Waals surface area contributed by atoms with Crippen molar-refractivity contribution in [1.82, 2.24) is 0 Å². The predicted molar refractivity (Wildman–Crippen MR) is 60.3 cm³/mol. The third-order valence-electron chi connectivity index (χ3n) is 1.29. The molecule has 0 bridgehead atoms. The van der Waals surface area contributed by atoms with E-state index in [2.05, 4.69) is 6.58 Å². The molecule has 1 aromatic carbocycles. The zero-order valence-corrected chi connectivity index (χ0v) is 8.70. The molecule has 2 N–H and O–H groups in total. The molecular weight excluding hydrogens is 185 g/mol. The van der Waals surface area contributed by atoms with Crippen LogP contribution in [0.1, 0.15) is 5.56 Å². The second kappa shape index (κ2) is 6.54. The van der Waals surface area contributed by atoms with Crippen LogP contribution in [0.3, 0.4) is 0 Å². The molecule has 0 amide bonds. The highest BCUT2D eigenvalue weighted by molar-refractivity contribution is 7.97. The monoisotopic (exact) mass is 199 g/mol. The molecule has 0 aliphatic carbocycles. The van der Waals surface area contributed by atoms with Crippen molar-refractivity contribution in [1.29, 1.82) is 0 Å². The van der Waals surface area contributed by atoms with Gasteiger partial charge in [-0.2, -0.15) is 11.8 Å². The summed E-state index contributed by atoms with van der Waals surface area (Å²) in [6, 6.07) is 4.56. The van der Waals surface area contributed by atoms with Gasteiger partial charge in [0.25, 0.3) is 0 Å². The molecule has 0 unspecified atom stereocenters. The van der Waals surface area contributed by atoms with Crippen molar-refractivity contribution in [2.45, 2.75) is 0 Å². The summed E-state index contributed by atoms with van der Waals surface area (Å²) in [5.41, 5.74) is 6.22. The summed E-state index contributed by atoms with van der Waals surface area (Å²) in [5, 5.41) is 0. The number of hydrogen-bond donors (Lipinski definition) is 1. The Balaban J connectivity index is 0.000000424. The van der Waals surface area contributed by atoms with Crippen LogP contribution in [-0.2, 0) is 0 Å². The molecule has 0 saturated carbocycles.